The van der Waals surface area contributed by atoms with Crippen molar-refractivity contribution in [2.75, 3.05) is 39.5 Å². The highest BCUT2D eigenvalue weighted by Gasteiger charge is 2.07. The van der Waals surface area contributed by atoms with E-state index in [2.05, 4.69) is 18.7 Å². The van der Waals surface area contributed by atoms with Gasteiger partial charge in [0.05, 0.1) is 19.8 Å². The number of ether oxygens (including phenoxy) is 2. The Morgan fingerprint density at radius 3 is 1.12 bits per heavy atom. The molecule has 0 unspecified atom stereocenters. The van der Waals surface area contributed by atoms with E-state index in [9.17, 15) is 14.7 Å². The molecule has 0 rings (SSSR count). The maximum Gasteiger partial charge on any atom is 0.305 e. The van der Waals surface area contributed by atoms with Gasteiger partial charge in [0.1, 0.15) is 0 Å². The van der Waals surface area contributed by atoms with Crippen molar-refractivity contribution in [1.29, 1.82) is 0 Å². The quantitative estimate of drug-likeness (QED) is 0.0568. The zero-order valence-electron chi connectivity index (χ0n) is 28.9. The number of carbonyl (C=O) groups is 2. The summed E-state index contributed by atoms with van der Waals surface area (Å²) in [5.74, 6) is -0.122. The van der Waals surface area contributed by atoms with Crippen LogP contribution >= 0.6 is 0 Å². The number of unbranched alkanes of at least 4 members (excludes halogenated alkanes) is 21. The van der Waals surface area contributed by atoms with Gasteiger partial charge in [-0.3, -0.25) is 9.59 Å². The minimum absolute atomic E-state index is 0.0603. The minimum Gasteiger partial charge on any atom is -0.466 e. The molecule has 0 aliphatic carbocycles. The molecular formula is C37H73NO5. The molecule has 0 aromatic rings. The normalized spacial score (nSPS) is 11.3. The molecule has 0 aromatic carbocycles. The van der Waals surface area contributed by atoms with Crippen molar-refractivity contribution < 1.29 is 24.2 Å². The second-order valence-electron chi connectivity index (χ2n) is 12.6. The molecule has 6 nitrogen and oxygen atoms in total. The van der Waals surface area contributed by atoms with E-state index in [1.165, 1.54) is 96.3 Å². The van der Waals surface area contributed by atoms with Gasteiger partial charge in [-0.05, 0) is 51.6 Å². The predicted octanol–water partition coefficient (Wildman–Crippen LogP) is 9.94. The first-order valence-corrected chi connectivity index (χ1v) is 18.8. The van der Waals surface area contributed by atoms with E-state index in [0.717, 1.165) is 77.3 Å². The average molecular weight is 612 g/mol. The first-order valence-electron chi connectivity index (χ1n) is 18.8. The fourth-order valence-corrected chi connectivity index (χ4v) is 5.56. The van der Waals surface area contributed by atoms with Crippen LogP contribution in [0, 0.1) is 0 Å². The van der Waals surface area contributed by atoms with Gasteiger partial charge in [-0.2, -0.15) is 0 Å². The number of nitrogens with zero attached hydrogens (tertiary/aromatic N) is 1. The Hall–Kier alpha value is -1.14. The van der Waals surface area contributed by atoms with Gasteiger partial charge >= 0.3 is 11.9 Å². The van der Waals surface area contributed by atoms with Gasteiger partial charge < -0.3 is 19.5 Å². The molecule has 0 aliphatic heterocycles. The van der Waals surface area contributed by atoms with E-state index in [-0.39, 0.29) is 18.5 Å². The summed E-state index contributed by atoms with van der Waals surface area (Å²) in [4.78, 5) is 26.3. The SMILES string of the molecule is CCCCCCCCCCCCOC(=O)CCCCCN(CCO)CCCCCC(=O)OCCCCCCCCCCC. The van der Waals surface area contributed by atoms with E-state index >= 15 is 0 Å². The molecule has 256 valence electrons. The number of carbonyl (C=O) groups excluding carboxylic acids is 2. The van der Waals surface area contributed by atoms with E-state index in [0.29, 0.717) is 32.6 Å². The van der Waals surface area contributed by atoms with Crippen molar-refractivity contribution >= 4 is 11.9 Å². The van der Waals surface area contributed by atoms with Gasteiger partial charge in [-0.1, -0.05) is 136 Å². The largest absolute Gasteiger partial charge is 0.466 e. The summed E-state index contributed by atoms with van der Waals surface area (Å²) >= 11 is 0. The van der Waals surface area contributed by atoms with Crippen LogP contribution in [0.15, 0.2) is 0 Å². The van der Waals surface area contributed by atoms with E-state index < -0.39 is 0 Å². The second kappa shape index (κ2) is 35.3. The van der Waals surface area contributed by atoms with Crippen LogP contribution in [0.5, 0.6) is 0 Å². The first kappa shape index (κ1) is 41.9. The lowest BCUT2D eigenvalue weighted by Gasteiger charge is -2.21. The van der Waals surface area contributed by atoms with Gasteiger partial charge in [0.15, 0.2) is 0 Å². The molecule has 0 aliphatic rings. The average Bonchev–Trinajstić information content (AvgIpc) is 3.00. The number of hydrogen-bond acceptors (Lipinski definition) is 6. The van der Waals surface area contributed by atoms with Crippen LogP contribution in [0.1, 0.15) is 187 Å². The molecule has 0 radical (unpaired) electrons. The van der Waals surface area contributed by atoms with Gasteiger partial charge in [0.25, 0.3) is 0 Å². The predicted molar refractivity (Wildman–Crippen MR) is 181 cm³/mol. The highest BCUT2D eigenvalue weighted by molar-refractivity contribution is 5.69. The lowest BCUT2D eigenvalue weighted by molar-refractivity contribution is -0.144. The molecule has 0 bridgehead atoms. The zero-order chi connectivity index (χ0) is 31.5. The Bertz CT molecular complexity index is 585. The van der Waals surface area contributed by atoms with Crippen LogP contribution in [-0.2, 0) is 19.1 Å². The van der Waals surface area contributed by atoms with Gasteiger partial charge in [0, 0.05) is 19.4 Å². The van der Waals surface area contributed by atoms with Crippen LogP contribution in [0.2, 0.25) is 0 Å². The topological polar surface area (TPSA) is 76.1 Å². The number of aliphatic hydroxyl groups excluding tert-OH is 1. The van der Waals surface area contributed by atoms with Crippen molar-refractivity contribution in [2.45, 2.75) is 187 Å². The molecule has 0 aromatic heterocycles. The Balaban J connectivity index is 3.57. The Morgan fingerprint density at radius 1 is 0.442 bits per heavy atom. The monoisotopic (exact) mass is 612 g/mol. The molecule has 0 saturated heterocycles. The van der Waals surface area contributed by atoms with Crippen LogP contribution in [0.4, 0.5) is 0 Å². The van der Waals surface area contributed by atoms with E-state index in [1.807, 2.05) is 0 Å². The molecule has 0 amide bonds. The number of rotatable bonds is 35. The van der Waals surface area contributed by atoms with Crippen molar-refractivity contribution in [3.05, 3.63) is 0 Å². The fourth-order valence-electron chi connectivity index (χ4n) is 5.56. The number of hydrogen-bond donors (Lipinski definition) is 1. The molecule has 1 N–H and O–H groups in total. The van der Waals surface area contributed by atoms with Gasteiger partial charge in [-0.15, -0.1) is 0 Å². The third-order valence-corrected chi connectivity index (χ3v) is 8.40. The van der Waals surface area contributed by atoms with Crippen LogP contribution < -0.4 is 0 Å². The Labute approximate surface area is 267 Å². The molecule has 43 heavy (non-hydrogen) atoms. The number of aliphatic hydroxyl groups is 1. The molecule has 0 heterocycles. The van der Waals surface area contributed by atoms with E-state index in [1.54, 1.807) is 0 Å². The summed E-state index contributed by atoms with van der Waals surface area (Å²) < 4.78 is 10.8. The van der Waals surface area contributed by atoms with Crippen LogP contribution in [0.25, 0.3) is 0 Å². The Morgan fingerprint density at radius 2 is 0.767 bits per heavy atom. The van der Waals surface area contributed by atoms with E-state index in [4.69, 9.17) is 9.47 Å². The minimum atomic E-state index is -0.0613. The standard InChI is InChI=1S/C37H73NO5/c1-3-5-7-9-11-13-15-17-19-27-35-43-37(41)29-23-21-25-31-38(32-33-39)30-24-20-22-28-36(40)42-34-26-18-16-14-12-10-8-6-4-2/h39H,3-35H2,1-2H3. The molecule has 0 saturated carbocycles. The molecule has 6 heteroatoms. The molecule has 0 atom stereocenters. The first-order chi connectivity index (χ1) is 21.1. The van der Waals surface area contributed by atoms with Crippen LogP contribution in [-0.4, -0.2) is 61.4 Å². The third-order valence-electron chi connectivity index (χ3n) is 8.40. The van der Waals surface area contributed by atoms with Crippen LogP contribution in [0.3, 0.4) is 0 Å². The summed E-state index contributed by atoms with van der Waals surface area (Å²) in [7, 11) is 0. The second-order valence-corrected chi connectivity index (χ2v) is 12.6. The smallest absolute Gasteiger partial charge is 0.305 e. The lowest BCUT2D eigenvalue weighted by Crippen LogP contribution is -2.29. The Kier molecular flexibility index (Phi) is 34.4. The number of esters is 2. The van der Waals surface area contributed by atoms with Crippen molar-refractivity contribution in [3.63, 3.8) is 0 Å². The van der Waals surface area contributed by atoms with Crippen molar-refractivity contribution in [1.82, 2.24) is 4.90 Å². The van der Waals surface area contributed by atoms with Gasteiger partial charge in [0.2, 0.25) is 0 Å². The molecule has 0 fully saturated rings. The zero-order valence-corrected chi connectivity index (χ0v) is 28.9. The van der Waals surface area contributed by atoms with Crippen molar-refractivity contribution in [3.8, 4) is 0 Å². The highest BCUT2D eigenvalue weighted by Crippen LogP contribution is 2.12. The maximum absolute atomic E-state index is 12.0. The summed E-state index contributed by atoms with van der Waals surface area (Å²) in [6.07, 6.45) is 31.1. The summed E-state index contributed by atoms with van der Waals surface area (Å²) in [6.45, 7) is 8.36. The van der Waals surface area contributed by atoms with Gasteiger partial charge in [-0.25, -0.2) is 0 Å². The fraction of sp³-hybridized carbons (Fsp3) is 0.946. The highest BCUT2D eigenvalue weighted by atomic mass is 16.5. The maximum atomic E-state index is 12.0. The lowest BCUT2D eigenvalue weighted by atomic mass is 10.1. The molecule has 0 spiro atoms. The van der Waals surface area contributed by atoms with Crippen molar-refractivity contribution in [2.24, 2.45) is 0 Å². The summed E-state index contributed by atoms with van der Waals surface area (Å²) in [5, 5.41) is 9.42. The summed E-state index contributed by atoms with van der Waals surface area (Å²) in [5.41, 5.74) is 0. The summed E-state index contributed by atoms with van der Waals surface area (Å²) in [6, 6.07) is 0. The molecular weight excluding hydrogens is 538 g/mol. The third kappa shape index (κ3) is 33.6.